The molecule has 10 heteroatoms. The Hall–Kier alpha value is -2.85. The number of sulfonamides is 1. The zero-order valence-electron chi connectivity index (χ0n) is 15.3. The van der Waals surface area contributed by atoms with E-state index in [1.807, 2.05) is 0 Å². The van der Waals surface area contributed by atoms with Gasteiger partial charge in [-0.1, -0.05) is 0 Å². The van der Waals surface area contributed by atoms with E-state index < -0.39 is 10.0 Å². The van der Waals surface area contributed by atoms with E-state index in [0.29, 0.717) is 30.1 Å². The van der Waals surface area contributed by atoms with Crippen molar-refractivity contribution in [3.8, 4) is 11.5 Å². The van der Waals surface area contributed by atoms with Crippen LogP contribution < -0.4 is 4.72 Å². The fraction of sp³-hybridized carbons (Fsp3) is 0.333. The normalized spacial score (nSPS) is 14.7. The van der Waals surface area contributed by atoms with E-state index in [1.54, 1.807) is 24.0 Å². The van der Waals surface area contributed by atoms with Crippen LogP contribution >= 0.6 is 0 Å². The van der Waals surface area contributed by atoms with E-state index in [4.69, 9.17) is 8.83 Å². The van der Waals surface area contributed by atoms with Crippen molar-refractivity contribution in [3.05, 3.63) is 47.7 Å². The fourth-order valence-electron chi connectivity index (χ4n) is 3.24. The number of aryl methyl sites for hydroxylation is 1. The Labute approximate surface area is 161 Å². The van der Waals surface area contributed by atoms with E-state index in [1.165, 1.54) is 18.5 Å². The summed E-state index contributed by atoms with van der Waals surface area (Å²) >= 11 is 0. The van der Waals surface area contributed by atoms with Crippen molar-refractivity contribution < 1.29 is 22.0 Å². The molecule has 2 N–H and O–H groups in total. The summed E-state index contributed by atoms with van der Waals surface area (Å²) in [4.78, 5) is 14.5. The molecule has 0 unspecified atom stereocenters. The van der Waals surface area contributed by atoms with Crippen molar-refractivity contribution in [2.75, 3.05) is 13.1 Å². The average Bonchev–Trinajstić information content (AvgIpc) is 3.46. The minimum Gasteiger partial charge on any atom is -0.468 e. The van der Waals surface area contributed by atoms with Crippen LogP contribution in [0, 0.1) is 6.92 Å². The lowest BCUT2D eigenvalue weighted by Crippen LogP contribution is -2.27. The van der Waals surface area contributed by atoms with E-state index in [2.05, 4.69) is 14.9 Å². The van der Waals surface area contributed by atoms with E-state index in [9.17, 15) is 13.2 Å². The molecule has 0 spiro atoms. The number of likely N-dealkylation sites (tertiary alicyclic amines) is 1. The van der Waals surface area contributed by atoms with Crippen LogP contribution in [0.3, 0.4) is 0 Å². The number of aromatic nitrogens is 2. The largest absolute Gasteiger partial charge is 0.468 e. The first-order chi connectivity index (χ1) is 13.5. The van der Waals surface area contributed by atoms with Crippen LogP contribution in [0.2, 0.25) is 0 Å². The first kappa shape index (κ1) is 18.5. The third-order valence-corrected chi connectivity index (χ3v) is 6.20. The highest BCUT2D eigenvalue weighted by atomic mass is 32.2. The number of hydrogen-bond acceptors (Lipinski definition) is 6. The summed E-state index contributed by atoms with van der Waals surface area (Å²) in [6.45, 7) is 3.00. The minimum atomic E-state index is -3.82. The van der Waals surface area contributed by atoms with Gasteiger partial charge in [0.15, 0.2) is 5.76 Å². The lowest BCUT2D eigenvalue weighted by Gasteiger charge is -2.14. The number of aromatic amines is 1. The number of nitrogens with zero attached hydrogens (tertiary/aromatic N) is 2. The molecule has 28 heavy (non-hydrogen) atoms. The maximum Gasteiger partial charge on any atom is 0.257 e. The average molecular weight is 404 g/mol. The van der Waals surface area contributed by atoms with Gasteiger partial charge in [-0.15, -0.1) is 0 Å². The predicted octanol–water partition coefficient (Wildman–Crippen LogP) is 2.29. The van der Waals surface area contributed by atoms with E-state index in [-0.39, 0.29) is 28.9 Å². The van der Waals surface area contributed by atoms with Crippen molar-refractivity contribution in [2.24, 2.45) is 0 Å². The summed E-state index contributed by atoms with van der Waals surface area (Å²) in [5.74, 6) is 0.819. The van der Waals surface area contributed by atoms with Gasteiger partial charge in [-0.3, -0.25) is 9.89 Å². The van der Waals surface area contributed by atoms with Gasteiger partial charge >= 0.3 is 0 Å². The molecule has 1 saturated heterocycles. The molecule has 0 saturated carbocycles. The van der Waals surface area contributed by atoms with Crippen LogP contribution in [0.5, 0.6) is 0 Å². The summed E-state index contributed by atoms with van der Waals surface area (Å²) in [6, 6.07) is 4.76. The van der Waals surface area contributed by atoms with Gasteiger partial charge in [0, 0.05) is 19.2 Å². The Kier molecular flexibility index (Phi) is 4.82. The molecular formula is C18H20N4O5S. The lowest BCUT2D eigenvalue weighted by molar-refractivity contribution is 0.0793. The molecule has 0 bridgehead atoms. The van der Waals surface area contributed by atoms with Crippen molar-refractivity contribution in [1.29, 1.82) is 0 Å². The minimum absolute atomic E-state index is 0.00299. The summed E-state index contributed by atoms with van der Waals surface area (Å²) in [6.07, 6.45) is 4.87. The monoisotopic (exact) mass is 404 g/mol. The van der Waals surface area contributed by atoms with Crippen molar-refractivity contribution in [2.45, 2.75) is 31.2 Å². The topological polar surface area (TPSA) is 121 Å². The number of rotatable bonds is 6. The number of amides is 1. The summed E-state index contributed by atoms with van der Waals surface area (Å²) in [5, 5.41) is 6.70. The van der Waals surface area contributed by atoms with Crippen molar-refractivity contribution in [1.82, 2.24) is 19.8 Å². The maximum atomic E-state index is 12.7. The molecule has 0 atom stereocenters. The number of carbonyl (C=O) groups excluding carboxylic acids is 1. The third-order valence-electron chi connectivity index (χ3n) is 4.69. The second kappa shape index (κ2) is 7.28. The molecule has 4 rings (SSSR count). The summed E-state index contributed by atoms with van der Waals surface area (Å²) in [7, 11) is -3.82. The molecular weight excluding hydrogens is 384 g/mol. The quantitative estimate of drug-likeness (QED) is 0.650. The Morgan fingerprint density at radius 2 is 2.14 bits per heavy atom. The molecule has 4 heterocycles. The summed E-state index contributed by atoms with van der Waals surface area (Å²) < 4.78 is 38.6. The molecule has 3 aromatic rings. The number of nitrogens with one attached hydrogen (secondary N) is 2. The molecule has 3 aromatic heterocycles. The third kappa shape index (κ3) is 3.48. The van der Waals surface area contributed by atoms with Crippen molar-refractivity contribution in [3.63, 3.8) is 0 Å². The van der Waals surface area contributed by atoms with Crippen LogP contribution in [0.4, 0.5) is 0 Å². The standard InChI is InChI=1S/C18H20N4O5S/c1-12-16(28(24,25)20-10-13-5-4-8-26-13)9-15(27-12)17-14(11-19-21-17)18(23)22-6-2-3-7-22/h4-5,8-9,11,20H,2-3,6-7,10H2,1H3,(H,19,21). The molecule has 0 radical (unpaired) electrons. The number of furan rings is 2. The number of carbonyl (C=O) groups is 1. The molecule has 148 valence electrons. The molecule has 0 aliphatic carbocycles. The second-order valence-corrected chi connectivity index (χ2v) is 8.33. The van der Waals surface area contributed by atoms with Gasteiger partial charge in [-0.2, -0.15) is 5.10 Å². The first-order valence-electron chi connectivity index (χ1n) is 8.91. The Bertz CT molecular complexity index is 1080. The lowest BCUT2D eigenvalue weighted by atomic mass is 10.2. The van der Waals surface area contributed by atoms with Gasteiger partial charge in [0.1, 0.15) is 22.1 Å². The van der Waals surface area contributed by atoms with E-state index in [0.717, 1.165) is 12.8 Å². The van der Waals surface area contributed by atoms with Crippen LogP contribution in [0.1, 0.15) is 34.7 Å². The van der Waals surface area contributed by atoms with Gasteiger partial charge in [-0.25, -0.2) is 13.1 Å². The Morgan fingerprint density at radius 3 is 2.86 bits per heavy atom. The molecule has 1 fully saturated rings. The second-order valence-electron chi connectivity index (χ2n) is 6.59. The molecule has 1 amide bonds. The van der Waals surface area contributed by atoms with Gasteiger partial charge in [0.05, 0.1) is 24.6 Å². The number of hydrogen-bond donors (Lipinski definition) is 2. The highest BCUT2D eigenvalue weighted by molar-refractivity contribution is 7.89. The highest BCUT2D eigenvalue weighted by Crippen LogP contribution is 2.30. The van der Waals surface area contributed by atoms with Crippen LogP contribution in [-0.2, 0) is 16.6 Å². The first-order valence-corrected chi connectivity index (χ1v) is 10.4. The van der Waals surface area contributed by atoms with Gasteiger partial charge in [-0.05, 0) is 31.9 Å². The molecule has 1 aliphatic rings. The van der Waals surface area contributed by atoms with Crippen molar-refractivity contribution >= 4 is 15.9 Å². The summed E-state index contributed by atoms with van der Waals surface area (Å²) in [5.41, 5.74) is 0.732. The van der Waals surface area contributed by atoms with Gasteiger partial charge in [0.2, 0.25) is 10.0 Å². The molecule has 1 aliphatic heterocycles. The molecule has 0 aromatic carbocycles. The SMILES string of the molecule is Cc1oc(-c2[nH]ncc2C(=O)N2CCCC2)cc1S(=O)(=O)NCc1ccco1. The van der Waals surface area contributed by atoms with Gasteiger partial charge in [0.25, 0.3) is 5.91 Å². The smallest absolute Gasteiger partial charge is 0.257 e. The van der Waals surface area contributed by atoms with Crippen LogP contribution in [0.25, 0.3) is 11.5 Å². The van der Waals surface area contributed by atoms with Crippen LogP contribution in [0.15, 0.2) is 44.4 Å². The predicted molar refractivity (Wildman–Crippen MR) is 98.9 cm³/mol. The fourth-order valence-corrected chi connectivity index (χ4v) is 4.41. The maximum absolute atomic E-state index is 12.7. The Morgan fingerprint density at radius 1 is 1.36 bits per heavy atom. The number of H-pyrrole nitrogens is 1. The van der Waals surface area contributed by atoms with E-state index >= 15 is 0 Å². The highest BCUT2D eigenvalue weighted by Gasteiger charge is 2.27. The van der Waals surface area contributed by atoms with Crippen LogP contribution in [-0.4, -0.2) is 42.5 Å². The van der Waals surface area contributed by atoms with Gasteiger partial charge < -0.3 is 13.7 Å². The zero-order chi connectivity index (χ0) is 19.7. The Balaban J connectivity index is 1.60. The molecule has 9 nitrogen and oxygen atoms in total. The zero-order valence-corrected chi connectivity index (χ0v) is 16.1.